The molecule has 0 atom stereocenters. The van der Waals surface area contributed by atoms with Gasteiger partial charge in [0.2, 0.25) is 0 Å². The van der Waals surface area contributed by atoms with Gasteiger partial charge in [0.25, 0.3) is 5.56 Å². The molecule has 1 aromatic heterocycles. The number of hydrogen-bond donors (Lipinski definition) is 0. The number of nitrogens with zero attached hydrogens (tertiary/aromatic N) is 1. The molecule has 3 aromatic rings. The van der Waals surface area contributed by atoms with Gasteiger partial charge in [0.1, 0.15) is 0 Å². The third-order valence-electron chi connectivity index (χ3n) is 5.01. The highest BCUT2D eigenvalue weighted by molar-refractivity contribution is 6.88. The van der Waals surface area contributed by atoms with E-state index in [1.807, 2.05) is 22.8 Å². The fourth-order valence-electron chi connectivity index (χ4n) is 3.74. The van der Waals surface area contributed by atoms with E-state index in [0.29, 0.717) is 6.54 Å². The predicted octanol–water partition coefficient (Wildman–Crippen LogP) is 4.01. The molecule has 3 heteroatoms. The van der Waals surface area contributed by atoms with Gasteiger partial charge in [-0.2, -0.15) is 0 Å². The lowest BCUT2D eigenvalue weighted by Gasteiger charge is -2.21. The molecular formula is C22H23NOSi. The highest BCUT2D eigenvalue weighted by Gasteiger charge is 2.28. The molecule has 2 aromatic carbocycles. The van der Waals surface area contributed by atoms with Crippen molar-refractivity contribution in [2.75, 3.05) is 0 Å². The zero-order valence-electron chi connectivity index (χ0n) is 15.0. The minimum atomic E-state index is -1.71. The lowest BCUT2D eigenvalue weighted by atomic mass is 10.1. The van der Waals surface area contributed by atoms with Crippen molar-refractivity contribution in [1.29, 1.82) is 0 Å². The van der Waals surface area contributed by atoms with Crippen LogP contribution in [0.1, 0.15) is 16.7 Å². The van der Waals surface area contributed by atoms with E-state index in [9.17, 15) is 4.79 Å². The van der Waals surface area contributed by atoms with E-state index >= 15 is 0 Å². The van der Waals surface area contributed by atoms with Crippen LogP contribution in [0.5, 0.6) is 0 Å². The fourth-order valence-corrected chi connectivity index (χ4v) is 5.13. The van der Waals surface area contributed by atoms with E-state index < -0.39 is 8.07 Å². The summed E-state index contributed by atoms with van der Waals surface area (Å²) in [6.07, 6.45) is 0.929. The molecule has 25 heavy (non-hydrogen) atoms. The number of pyridine rings is 1. The number of aromatic nitrogens is 1. The monoisotopic (exact) mass is 345 g/mol. The van der Waals surface area contributed by atoms with Crippen LogP contribution in [0, 0.1) is 0 Å². The summed E-state index contributed by atoms with van der Waals surface area (Å²) in [6.45, 7) is 7.40. The zero-order valence-corrected chi connectivity index (χ0v) is 16.0. The molecule has 0 unspecified atom stereocenters. The van der Waals surface area contributed by atoms with Gasteiger partial charge in [-0.25, -0.2) is 0 Å². The van der Waals surface area contributed by atoms with Gasteiger partial charge < -0.3 is 4.57 Å². The molecule has 126 valence electrons. The van der Waals surface area contributed by atoms with Gasteiger partial charge in [-0.15, -0.1) is 0 Å². The van der Waals surface area contributed by atoms with Crippen LogP contribution in [0.25, 0.3) is 11.3 Å². The Labute approximate surface area is 149 Å². The molecule has 0 saturated carbocycles. The molecular weight excluding hydrogens is 322 g/mol. The van der Waals surface area contributed by atoms with Gasteiger partial charge in [-0.3, -0.25) is 4.79 Å². The van der Waals surface area contributed by atoms with E-state index in [-0.39, 0.29) is 5.56 Å². The van der Waals surface area contributed by atoms with Crippen molar-refractivity contribution < 1.29 is 0 Å². The molecule has 0 aliphatic heterocycles. The van der Waals surface area contributed by atoms with Crippen LogP contribution in [0.3, 0.4) is 0 Å². The van der Waals surface area contributed by atoms with Crippen molar-refractivity contribution >= 4 is 13.3 Å². The topological polar surface area (TPSA) is 22.0 Å². The molecule has 1 aliphatic rings. The second kappa shape index (κ2) is 5.85. The molecule has 0 N–H and O–H groups in total. The average Bonchev–Trinajstić information content (AvgIpc) is 2.95. The van der Waals surface area contributed by atoms with E-state index in [0.717, 1.165) is 17.3 Å². The second-order valence-corrected chi connectivity index (χ2v) is 12.9. The number of fused-ring (bicyclic) bond motifs is 3. The van der Waals surface area contributed by atoms with Crippen LogP contribution in [0.15, 0.2) is 65.5 Å². The molecule has 0 saturated heterocycles. The van der Waals surface area contributed by atoms with Crippen LogP contribution in [-0.2, 0) is 13.0 Å². The maximum Gasteiger partial charge on any atom is 0.250 e. The Bertz CT molecular complexity index is 997. The van der Waals surface area contributed by atoms with Gasteiger partial charge in [0.15, 0.2) is 0 Å². The van der Waals surface area contributed by atoms with E-state index in [4.69, 9.17) is 0 Å². The Balaban J connectivity index is 1.98. The standard InChI is InChI=1S/C22H23NOSi/c1-25(2,3)20-14-18-13-17-11-7-8-12-19(17)21(18)23(22(20)24)15-16-9-5-4-6-10-16/h4-12,14H,13,15H2,1-3H3. The molecule has 1 heterocycles. The van der Waals surface area contributed by atoms with Crippen molar-refractivity contribution in [2.45, 2.75) is 32.6 Å². The Kier molecular flexibility index (Phi) is 3.77. The molecule has 1 aliphatic carbocycles. The van der Waals surface area contributed by atoms with Crippen molar-refractivity contribution in [3.63, 3.8) is 0 Å². The predicted molar refractivity (Wildman–Crippen MR) is 107 cm³/mol. The second-order valence-electron chi connectivity index (χ2n) is 7.89. The van der Waals surface area contributed by atoms with E-state index in [1.165, 1.54) is 22.3 Å². The molecule has 0 bridgehead atoms. The van der Waals surface area contributed by atoms with Gasteiger partial charge >= 0.3 is 0 Å². The van der Waals surface area contributed by atoms with Crippen LogP contribution < -0.4 is 10.7 Å². The summed E-state index contributed by atoms with van der Waals surface area (Å²) >= 11 is 0. The lowest BCUT2D eigenvalue weighted by molar-refractivity contribution is 0.771. The number of benzene rings is 2. The van der Waals surface area contributed by atoms with Crippen molar-refractivity contribution in [3.8, 4) is 11.3 Å². The first-order valence-corrected chi connectivity index (χ1v) is 12.3. The Morgan fingerprint density at radius 2 is 1.60 bits per heavy atom. The first-order valence-electron chi connectivity index (χ1n) is 8.84. The largest absolute Gasteiger partial charge is 0.304 e. The van der Waals surface area contributed by atoms with Gasteiger partial charge in [-0.1, -0.05) is 80.3 Å². The highest BCUT2D eigenvalue weighted by atomic mass is 28.3. The van der Waals surface area contributed by atoms with Crippen molar-refractivity contribution in [3.05, 3.63) is 87.7 Å². The maximum atomic E-state index is 13.4. The normalized spacial score (nSPS) is 12.8. The first-order chi connectivity index (χ1) is 11.9. The molecule has 0 amide bonds. The third-order valence-corrected chi connectivity index (χ3v) is 6.99. The SMILES string of the molecule is C[Si](C)(C)c1cc2c(n(Cc3ccccc3)c1=O)-c1ccccc1C2. The van der Waals surface area contributed by atoms with Gasteiger partial charge in [0.05, 0.1) is 20.3 Å². The van der Waals surface area contributed by atoms with Gasteiger partial charge in [-0.05, 0) is 16.7 Å². The Morgan fingerprint density at radius 1 is 0.920 bits per heavy atom. The van der Waals surface area contributed by atoms with Crippen LogP contribution in [0.4, 0.5) is 0 Å². The summed E-state index contributed by atoms with van der Waals surface area (Å²) in [5, 5.41) is 1.04. The number of rotatable bonds is 3. The summed E-state index contributed by atoms with van der Waals surface area (Å²) in [7, 11) is -1.71. The third kappa shape index (κ3) is 2.79. The molecule has 2 nitrogen and oxygen atoms in total. The maximum absolute atomic E-state index is 13.4. The minimum Gasteiger partial charge on any atom is -0.304 e. The summed E-state index contributed by atoms with van der Waals surface area (Å²) in [4.78, 5) is 13.4. The summed E-state index contributed by atoms with van der Waals surface area (Å²) in [5.41, 5.74) is 6.32. The summed E-state index contributed by atoms with van der Waals surface area (Å²) in [6, 6.07) is 21.0. The molecule has 0 fully saturated rings. The number of hydrogen-bond acceptors (Lipinski definition) is 1. The summed E-state index contributed by atoms with van der Waals surface area (Å²) < 4.78 is 2.02. The van der Waals surface area contributed by atoms with Gasteiger partial charge in [0, 0.05) is 17.2 Å². The van der Waals surface area contributed by atoms with Crippen LogP contribution in [-0.4, -0.2) is 12.6 Å². The Morgan fingerprint density at radius 3 is 2.32 bits per heavy atom. The lowest BCUT2D eigenvalue weighted by Crippen LogP contribution is -2.51. The smallest absolute Gasteiger partial charge is 0.250 e. The van der Waals surface area contributed by atoms with E-state index in [2.05, 4.69) is 62.1 Å². The summed E-state index contributed by atoms with van der Waals surface area (Å²) in [5.74, 6) is 0. The van der Waals surface area contributed by atoms with Crippen molar-refractivity contribution in [2.24, 2.45) is 0 Å². The average molecular weight is 346 g/mol. The molecule has 0 radical (unpaired) electrons. The minimum absolute atomic E-state index is 0.193. The van der Waals surface area contributed by atoms with E-state index in [1.54, 1.807) is 0 Å². The van der Waals surface area contributed by atoms with Crippen LogP contribution >= 0.6 is 0 Å². The Hall–Kier alpha value is -2.39. The fraction of sp³-hybridized carbons (Fsp3) is 0.227. The highest BCUT2D eigenvalue weighted by Crippen LogP contribution is 2.35. The zero-order chi connectivity index (χ0) is 17.6. The molecule has 0 spiro atoms. The quantitative estimate of drug-likeness (QED) is 0.514. The first kappa shape index (κ1) is 16.1. The van der Waals surface area contributed by atoms with Crippen LogP contribution in [0.2, 0.25) is 19.6 Å². The molecule has 4 rings (SSSR count). The van der Waals surface area contributed by atoms with Crippen molar-refractivity contribution in [1.82, 2.24) is 4.57 Å².